The highest BCUT2D eigenvalue weighted by Crippen LogP contribution is 2.42. The zero-order valence-corrected chi connectivity index (χ0v) is 44.4. The molecule has 0 radical (unpaired) electrons. The molecule has 4 aromatic heterocycles. The van der Waals surface area contributed by atoms with Gasteiger partial charge in [-0.05, 0) is 96.2 Å². The van der Waals surface area contributed by atoms with Gasteiger partial charge in [-0.2, -0.15) is 0 Å². The van der Waals surface area contributed by atoms with E-state index in [0.717, 1.165) is 20.9 Å². The van der Waals surface area contributed by atoms with Crippen molar-refractivity contribution in [3.63, 3.8) is 0 Å². The minimum Gasteiger partial charge on any atom is -0.507 e. The van der Waals surface area contributed by atoms with Crippen LogP contribution in [0, 0.1) is 5.41 Å². The number of benzene rings is 1. The van der Waals surface area contributed by atoms with E-state index in [1.54, 1.807) is 70.7 Å². The number of fused-ring (bicyclic) bond motifs is 1. The van der Waals surface area contributed by atoms with Gasteiger partial charge in [0.2, 0.25) is 0 Å². The molecule has 2 fully saturated rings. The largest absolute Gasteiger partial charge is 0.507 e. The fourth-order valence-corrected chi connectivity index (χ4v) is 10.7. The number of thioether (sulfide) groups is 1. The van der Waals surface area contributed by atoms with E-state index in [4.69, 9.17) is 14.7 Å². The topological polar surface area (TPSA) is 273 Å². The van der Waals surface area contributed by atoms with Crippen LogP contribution in [0.15, 0.2) is 83.7 Å². The number of pyridine rings is 2. The van der Waals surface area contributed by atoms with E-state index in [2.05, 4.69) is 57.6 Å². The van der Waals surface area contributed by atoms with E-state index in [1.165, 1.54) is 23.1 Å². The quantitative estimate of drug-likeness (QED) is 0.0337. The van der Waals surface area contributed by atoms with Gasteiger partial charge in [0.15, 0.2) is 16.1 Å². The minimum atomic E-state index is -1.44. The number of carboxylic acids is 1. The number of phenols is 1. The Morgan fingerprint density at radius 1 is 0.933 bits per heavy atom. The number of carbonyl (C=O) groups is 3. The molecule has 8 N–H and O–H groups in total. The number of aromatic hydroxyl groups is 1. The van der Waals surface area contributed by atoms with Crippen LogP contribution >= 0.6 is 23.1 Å². The number of hydrogen-bond acceptors (Lipinski definition) is 17. The maximum atomic E-state index is 13.2. The highest BCUT2D eigenvalue weighted by molar-refractivity contribution is 8.17. The van der Waals surface area contributed by atoms with Crippen LogP contribution in [0.1, 0.15) is 88.6 Å². The van der Waals surface area contributed by atoms with Crippen LogP contribution < -0.4 is 26.2 Å². The third-order valence-corrected chi connectivity index (χ3v) is 15.6. The van der Waals surface area contributed by atoms with Gasteiger partial charge >= 0.3 is 18.0 Å². The monoisotopic (exact) mass is 1060 g/mol. The summed E-state index contributed by atoms with van der Waals surface area (Å²) in [4.78, 5) is 70.4. The average molecular weight is 1060 g/mol. The molecule has 1 unspecified atom stereocenters. The first-order valence-electron chi connectivity index (χ1n) is 24.9. The van der Waals surface area contributed by atoms with Gasteiger partial charge in [0, 0.05) is 97.1 Å². The molecule has 3 aliphatic heterocycles. The van der Waals surface area contributed by atoms with Gasteiger partial charge < -0.3 is 40.7 Å². The standard InChI is InChI=1S/C53H64N12O8S2/c1-7-32(24-37(41-30-60-49(74-41)62-47(69)54-8-2)39-12-11-35(29-56-39)65-18-15-52(5,16-19-65)46(67)68)34-27-58-45(59-28-34)53(6,72)14-9-17-55-48(70)63-50-61-40-25-36(33-10-13-42(57-26-33)51(3,4)71)43(66)38(44(40)75-50)31-64-20-22-73-23-21-64/h7,10-13,24-29,66,71-72H,1,8-9,14-23,30-31H2,2-6H3,(H,67,68)(H2,54,60,62,69)(H2,55,61,63,70)/b32-24+,41-37-. The van der Waals surface area contributed by atoms with E-state index in [0.29, 0.717) is 133 Å². The Morgan fingerprint density at radius 3 is 2.31 bits per heavy atom. The summed E-state index contributed by atoms with van der Waals surface area (Å²) in [5, 5.41) is 55.5. The predicted molar refractivity (Wildman–Crippen MR) is 292 cm³/mol. The zero-order valence-electron chi connectivity index (χ0n) is 42.8. The Kier molecular flexibility index (Phi) is 17.0. The van der Waals surface area contributed by atoms with Crippen molar-refractivity contribution >= 4 is 78.5 Å². The lowest BCUT2D eigenvalue weighted by Crippen LogP contribution is -2.42. The summed E-state index contributed by atoms with van der Waals surface area (Å²) < 4.78 is 6.30. The smallest absolute Gasteiger partial charge is 0.321 e. The zero-order chi connectivity index (χ0) is 53.5. The number of amides is 4. The number of aliphatic hydroxyl groups is 2. The van der Waals surface area contributed by atoms with Crippen molar-refractivity contribution in [3.8, 4) is 16.9 Å². The van der Waals surface area contributed by atoms with E-state index >= 15 is 0 Å². The van der Waals surface area contributed by atoms with Crippen molar-refractivity contribution in [2.75, 3.05) is 69.2 Å². The molecule has 2 saturated heterocycles. The number of ether oxygens (including phenoxy) is 1. The lowest BCUT2D eigenvalue weighted by atomic mass is 9.80. The Bertz CT molecular complexity index is 2990. The van der Waals surface area contributed by atoms with Gasteiger partial charge in [-0.3, -0.25) is 35.3 Å². The van der Waals surface area contributed by atoms with Gasteiger partial charge in [0.05, 0.1) is 58.7 Å². The molecule has 0 bridgehead atoms. The van der Waals surface area contributed by atoms with E-state index < -0.39 is 28.6 Å². The van der Waals surface area contributed by atoms with Crippen molar-refractivity contribution in [2.45, 2.75) is 78.0 Å². The van der Waals surface area contributed by atoms with Crippen molar-refractivity contribution in [3.05, 3.63) is 107 Å². The number of nitrogens with one attached hydrogen (secondary N) is 4. The van der Waals surface area contributed by atoms with Crippen molar-refractivity contribution in [2.24, 2.45) is 10.4 Å². The number of anilines is 2. The summed E-state index contributed by atoms with van der Waals surface area (Å²) in [6.45, 7) is 17.8. The Morgan fingerprint density at radius 2 is 1.67 bits per heavy atom. The molecule has 7 heterocycles. The fraction of sp³-hybridized carbons (Fsp3) is 0.415. The Balaban J connectivity index is 0.920. The molecule has 0 saturated carbocycles. The number of hydrogen-bond donors (Lipinski definition) is 8. The van der Waals surface area contributed by atoms with Gasteiger partial charge in [0.25, 0.3) is 0 Å². The van der Waals surface area contributed by atoms with Crippen molar-refractivity contribution in [1.82, 2.24) is 45.8 Å². The third-order valence-electron chi connectivity index (χ3n) is 13.5. The lowest BCUT2D eigenvalue weighted by Gasteiger charge is -2.37. The van der Waals surface area contributed by atoms with Crippen LogP contribution in [0.5, 0.6) is 5.75 Å². The molecule has 8 rings (SSSR count). The van der Waals surface area contributed by atoms with E-state index in [-0.39, 0.29) is 30.6 Å². The minimum absolute atomic E-state index is 0.0955. The number of nitrogens with zero attached hydrogens (tertiary/aromatic N) is 8. The second kappa shape index (κ2) is 23.4. The SMILES string of the molecule is C=C/C(=C\C(=C1/CN=C(NC(=O)NCC)S1)c1ccc(N2CCC(C)(C(=O)O)CC2)cn1)c1cnc(C(C)(O)CCCNC(=O)Nc2nc3cc(-c4ccc(C(C)(C)O)nc4)c(O)c(CN4CCOCC4)c3s2)nc1. The number of allylic oxidation sites excluding steroid dienone is 4. The van der Waals surface area contributed by atoms with Crippen LogP contribution in [0.25, 0.3) is 32.5 Å². The number of aliphatic carboxylic acids is 1. The van der Waals surface area contributed by atoms with Crippen LogP contribution in [0.3, 0.4) is 0 Å². The number of carboxylic acid groups (broad SMARTS) is 1. The average Bonchev–Trinajstić information content (AvgIpc) is 4.03. The van der Waals surface area contributed by atoms with Crippen LogP contribution in [0.2, 0.25) is 0 Å². The number of urea groups is 2. The van der Waals surface area contributed by atoms with Crippen molar-refractivity contribution < 1.29 is 39.5 Å². The molecule has 0 spiro atoms. The number of carbonyl (C=O) groups excluding carboxylic acids is 2. The molecule has 3 aliphatic rings. The maximum absolute atomic E-state index is 13.2. The normalized spacial score (nSPS) is 17.7. The van der Waals surface area contributed by atoms with Crippen LogP contribution in [-0.2, 0) is 27.3 Å². The second-order valence-electron chi connectivity index (χ2n) is 19.7. The molecule has 1 atom stereocenters. The molecular weight excluding hydrogens is 997 g/mol. The molecule has 75 heavy (non-hydrogen) atoms. The summed E-state index contributed by atoms with van der Waals surface area (Å²) in [6.07, 6.45) is 11.9. The number of rotatable bonds is 17. The Hall–Kier alpha value is -6.82. The lowest BCUT2D eigenvalue weighted by molar-refractivity contribution is -0.149. The molecule has 4 amide bonds. The van der Waals surface area contributed by atoms with Gasteiger partial charge in [0.1, 0.15) is 17.0 Å². The number of thiazole rings is 1. The maximum Gasteiger partial charge on any atom is 0.321 e. The first-order valence-corrected chi connectivity index (χ1v) is 26.5. The predicted octanol–water partition coefficient (Wildman–Crippen LogP) is 7.21. The number of phenolic OH excluding ortho intramolecular Hbond substituents is 1. The Labute approximate surface area is 443 Å². The molecule has 0 aliphatic carbocycles. The number of morpholine rings is 1. The summed E-state index contributed by atoms with van der Waals surface area (Å²) in [7, 11) is 0. The first kappa shape index (κ1) is 54.4. The molecule has 22 heteroatoms. The number of piperidine rings is 1. The summed E-state index contributed by atoms with van der Waals surface area (Å²) in [5.41, 5.74) is 3.23. The van der Waals surface area contributed by atoms with Gasteiger partial charge in [-0.15, -0.1) is 0 Å². The highest BCUT2D eigenvalue weighted by atomic mass is 32.2. The number of aliphatic imine (C=N–C) groups is 1. The van der Waals surface area contributed by atoms with Gasteiger partial charge in [-0.25, -0.2) is 24.5 Å². The molecule has 5 aromatic rings. The summed E-state index contributed by atoms with van der Waals surface area (Å²) in [5.74, 6) is -0.487. The summed E-state index contributed by atoms with van der Waals surface area (Å²) >= 11 is 2.60. The van der Waals surface area contributed by atoms with Crippen LogP contribution in [-0.4, -0.2) is 132 Å². The molecular formula is C53H64N12O8S2. The first-order chi connectivity index (χ1) is 35.8. The third kappa shape index (κ3) is 13.2. The number of amidine groups is 1. The molecule has 396 valence electrons. The van der Waals surface area contributed by atoms with Gasteiger partial charge in [-0.1, -0.05) is 41.8 Å². The van der Waals surface area contributed by atoms with Crippen LogP contribution in [0.4, 0.5) is 20.4 Å². The van der Waals surface area contributed by atoms with E-state index in [9.17, 15) is 34.8 Å². The molecule has 1 aromatic carbocycles. The second-order valence-corrected chi connectivity index (χ2v) is 21.7. The fourth-order valence-electron chi connectivity index (χ4n) is 8.83. The van der Waals surface area contributed by atoms with E-state index in [1.807, 2.05) is 31.2 Å². The summed E-state index contributed by atoms with van der Waals surface area (Å²) in [6, 6.07) is 8.37. The molecule has 20 nitrogen and oxygen atoms in total. The van der Waals surface area contributed by atoms with Crippen molar-refractivity contribution in [1.29, 1.82) is 0 Å². The number of aromatic nitrogens is 5. The highest BCUT2D eigenvalue weighted by Gasteiger charge is 2.37.